The van der Waals surface area contributed by atoms with Gasteiger partial charge in [-0.2, -0.15) is 11.8 Å². The SMILES string of the molecule is CCC1CN(C(=NCc2nnc(C)n2C)NCCc2ccc(OC)cc2)CCS1. The molecule has 1 unspecified atom stereocenters. The summed E-state index contributed by atoms with van der Waals surface area (Å²) in [5.74, 6) is 4.79. The maximum Gasteiger partial charge on any atom is 0.194 e. The number of nitrogens with zero attached hydrogens (tertiary/aromatic N) is 5. The maximum absolute atomic E-state index is 5.24. The van der Waals surface area contributed by atoms with E-state index >= 15 is 0 Å². The summed E-state index contributed by atoms with van der Waals surface area (Å²) in [7, 11) is 3.68. The van der Waals surface area contributed by atoms with Crippen LogP contribution in [0, 0.1) is 6.92 Å². The highest BCUT2D eigenvalue weighted by molar-refractivity contribution is 8.00. The van der Waals surface area contributed by atoms with Crippen molar-refractivity contribution in [3.8, 4) is 5.75 Å². The van der Waals surface area contributed by atoms with E-state index in [0.717, 1.165) is 55.2 Å². The van der Waals surface area contributed by atoms with Gasteiger partial charge in [0.15, 0.2) is 11.8 Å². The number of hydrogen-bond donors (Lipinski definition) is 1. The summed E-state index contributed by atoms with van der Waals surface area (Å²) < 4.78 is 7.24. The number of ether oxygens (including phenoxy) is 1. The highest BCUT2D eigenvalue weighted by Crippen LogP contribution is 2.21. The van der Waals surface area contributed by atoms with E-state index in [9.17, 15) is 0 Å². The number of thioether (sulfide) groups is 1. The van der Waals surface area contributed by atoms with Crippen LogP contribution in [0.4, 0.5) is 0 Å². The van der Waals surface area contributed by atoms with Crippen LogP contribution < -0.4 is 10.1 Å². The van der Waals surface area contributed by atoms with Crippen molar-refractivity contribution in [3.05, 3.63) is 41.5 Å². The van der Waals surface area contributed by atoms with Crippen LogP contribution in [0.25, 0.3) is 0 Å². The van der Waals surface area contributed by atoms with Crippen LogP contribution in [0.15, 0.2) is 29.3 Å². The van der Waals surface area contributed by atoms with Crippen LogP contribution >= 0.6 is 11.8 Å². The molecule has 1 aliphatic heterocycles. The number of benzene rings is 1. The van der Waals surface area contributed by atoms with Gasteiger partial charge in [-0.25, -0.2) is 4.99 Å². The van der Waals surface area contributed by atoms with E-state index in [4.69, 9.17) is 9.73 Å². The molecule has 7 nitrogen and oxygen atoms in total. The average Bonchev–Trinajstić information content (AvgIpc) is 3.08. The van der Waals surface area contributed by atoms with Gasteiger partial charge in [0.2, 0.25) is 0 Å². The summed E-state index contributed by atoms with van der Waals surface area (Å²) >= 11 is 2.07. The molecule has 8 heteroatoms. The number of aliphatic imine (C=N–C) groups is 1. The van der Waals surface area contributed by atoms with Gasteiger partial charge in [0.1, 0.15) is 18.1 Å². The molecule has 2 heterocycles. The molecule has 0 saturated carbocycles. The molecule has 158 valence electrons. The molecule has 1 aliphatic rings. The first-order valence-corrected chi connectivity index (χ1v) is 11.3. The number of aromatic nitrogens is 3. The van der Waals surface area contributed by atoms with Crippen molar-refractivity contribution in [2.45, 2.75) is 38.5 Å². The average molecular weight is 417 g/mol. The number of methoxy groups -OCH3 is 1. The van der Waals surface area contributed by atoms with Crippen LogP contribution in [0.2, 0.25) is 0 Å². The van der Waals surface area contributed by atoms with Crippen molar-refractivity contribution in [2.24, 2.45) is 12.0 Å². The molecule has 1 fully saturated rings. The number of guanidine groups is 1. The third-order valence-corrected chi connectivity index (χ3v) is 6.67. The van der Waals surface area contributed by atoms with Crippen molar-refractivity contribution in [1.82, 2.24) is 25.0 Å². The molecule has 0 bridgehead atoms. The lowest BCUT2D eigenvalue weighted by atomic mass is 10.1. The van der Waals surface area contributed by atoms with Gasteiger partial charge >= 0.3 is 0 Å². The van der Waals surface area contributed by atoms with E-state index in [1.807, 2.05) is 30.7 Å². The molecule has 3 rings (SSSR count). The second-order valence-electron chi connectivity index (χ2n) is 7.23. The van der Waals surface area contributed by atoms with Crippen molar-refractivity contribution in [1.29, 1.82) is 0 Å². The van der Waals surface area contributed by atoms with Crippen molar-refractivity contribution in [3.63, 3.8) is 0 Å². The first-order chi connectivity index (χ1) is 14.1. The van der Waals surface area contributed by atoms with Gasteiger partial charge in [0.25, 0.3) is 0 Å². The molecule has 2 aromatic rings. The molecule has 1 N–H and O–H groups in total. The quantitative estimate of drug-likeness (QED) is 0.553. The van der Waals surface area contributed by atoms with Crippen molar-refractivity contribution in [2.75, 3.05) is 32.5 Å². The summed E-state index contributed by atoms with van der Waals surface area (Å²) in [6.45, 7) is 7.65. The summed E-state index contributed by atoms with van der Waals surface area (Å²) in [5.41, 5.74) is 1.28. The minimum atomic E-state index is 0.530. The lowest BCUT2D eigenvalue weighted by Crippen LogP contribution is -2.48. The van der Waals surface area contributed by atoms with Gasteiger partial charge in [0.05, 0.1) is 7.11 Å². The second kappa shape index (κ2) is 10.5. The van der Waals surface area contributed by atoms with Gasteiger partial charge in [-0.3, -0.25) is 0 Å². The molecule has 0 spiro atoms. The topological polar surface area (TPSA) is 67.6 Å². The highest BCUT2D eigenvalue weighted by atomic mass is 32.2. The monoisotopic (exact) mass is 416 g/mol. The lowest BCUT2D eigenvalue weighted by molar-refractivity contribution is 0.407. The van der Waals surface area contributed by atoms with E-state index in [1.165, 1.54) is 12.0 Å². The fourth-order valence-electron chi connectivity index (χ4n) is 3.27. The first kappa shape index (κ1) is 21.5. The first-order valence-electron chi connectivity index (χ1n) is 10.2. The standard InChI is InChI=1S/C21H32N6OS/c1-5-19-15-27(12-13-29-19)21(23-14-20-25-24-16(2)26(20)3)22-11-10-17-6-8-18(28-4)9-7-17/h6-9,19H,5,10-15H2,1-4H3,(H,22,23). The molecule has 0 radical (unpaired) electrons. The number of aryl methyl sites for hydroxylation is 1. The van der Waals surface area contributed by atoms with Crippen molar-refractivity contribution >= 4 is 17.7 Å². The van der Waals surface area contributed by atoms with E-state index < -0.39 is 0 Å². The fourth-order valence-corrected chi connectivity index (χ4v) is 4.45. The molecule has 1 atom stereocenters. The van der Waals surface area contributed by atoms with Gasteiger partial charge < -0.3 is 19.5 Å². The van der Waals surface area contributed by atoms with Crippen LogP contribution in [0.5, 0.6) is 5.75 Å². The third-order valence-electron chi connectivity index (χ3n) is 5.30. The predicted molar refractivity (Wildman–Crippen MR) is 120 cm³/mol. The Morgan fingerprint density at radius 3 is 2.76 bits per heavy atom. The summed E-state index contributed by atoms with van der Waals surface area (Å²) in [6.07, 6.45) is 2.12. The molecule has 1 saturated heterocycles. The maximum atomic E-state index is 5.24. The van der Waals surface area contributed by atoms with Gasteiger partial charge in [0, 0.05) is 37.7 Å². The van der Waals surface area contributed by atoms with E-state index in [2.05, 4.69) is 51.2 Å². The molecule has 1 aromatic heterocycles. The lowest BCUT2D eigenvalue weighted by Gasteiger charge is -2.34. The zero-order valence-electron chi connectivity index (χ0n) is 17.9. The summed E-state index contributed by atoms with van der Waals surface area (Å²) in [6, 6.07) is 8.25. The molecule has 0 aliphatic carbocycles. The highest BCUT2D eigenvalue weighted by Gasteiger charge is 2.21. The smallest absolute Gasteiger partial charge is 0.194 e. The Hall–Kier alpha value is -2.22. The van der Waals surface area contributed by atoms with E-state index in [1.54, 1.807) is 7.11 Å². The minimum absolute atomic E-state index is 0.530. The Bertz CT molecular complexity index is 804. The predicted octanol–water partition coefficient (Wildman–Crippen LogP) is 2.65. The summed E-state index contributed by atoms with van der Waals surface area (Å²) in [4.78, 5) is 7.29. The molecule has 0 amide bonds. The largest absolute Gasteiger partial charge is 0.497 e. The van der Waals surface area contributed by atoms with Crippen LogP contribution in [0.1, 0.15) is 30.6 Å². The second-order valence-corrected chi connectivity index (χ2v) is 8.64. The Kier molecular flexibility index (Phi) is 7.80. The van der Waals surface area contributed by atoms with Crippen LogP contribution in [-0.4, -0.2) is 63.4 Å². The van der Waals surface area contributed by atoms with Crippen LogP contribution in [-0.2, 0) is 20.0 Å². The van der Waals surface area contributed by atoms with Crippen LogP contribution in [0.3, 0.4) is 0 Å². The molecular formula is C21H32N6OS. The molecule has 1 aromatic carbocycles. The van der Waals surface area contributed by atoms with Gasteiger partial charge in [-0.05, 0) is 37.5 Å². The fraction of sp³-hybridized carbons (Fsp3) is 0.571. The number of nitrogens with one attached hydrogen (secondary N) is 1. The Labute approximate surface area is 177 Å². The third kappa shape index (κ3) is 5.88. The molecule has 29 heavy (non-hydrogen) atoms. The van der Waals surface area contributed by atoms with Gasteiger partial charge in [-0.15, -0.1) is 10.2 Å². The zero-order valence-corrected chi connectivity index (χ0v) is 18.7. The summed E-state index contributed by atoms with van der Waals surface area (Å²) in [5, 5.41) is 12.6. The molecular weight excluding hydrogens is 384 g/mol. The Morgan fingerprint density at radius 1 is 1.31 bits per heavy atom. The number of rotatable bonds is 7. The zero-order chi connectivity index (χ0) is 20.6. The van der Waals surface area contributed by atoms with Gasteiger partial charge in [-0.1, -0.05) is 19.1 Å². The normalized spacial score (nSPS) is 17.4. The number of hydrogen-bond acceptors (Lipinski definition) is 5. The van der Waals surface area contributed by atoms with E-state index in [0.29, 0.717) is 11.8 Å². The Morgan fingerprint density at radius 2 is 2.10 bits per heavy atom. The minimum Gasteiger partial charge on any atom is -0.497 e. The van der Waals surface area contributed by atoms with Crippen molar-refractivity contribution < 1.29 is 4.74 Å². The van der Waals surface area contributed by atoms with E-state index in [-0.39, 0.29) is 0 Å². The Balaban J connectivity index is 1.66.